The molecule has 7 heteroatoms. The Labute approximate surface area is 166 Å². The second-order valence-corrected chi connectivity index (χ2v) is 7.49. The molecule has 6 nitrogen and oxygen atoms in total. The lowest BCUT2D eigenvalue weighted by molar-refractivity contribution is 0.0984. The normalized spacial score (nSPS) is 13.0. The van der Waals surface area contributed by atoms with Crippen molar-refractivity contribution in [1.29, 1.82) is 0 Å². The van der Waals surface area contributed by atoms with Crippen LogP contribution in [0.15, 0.2) is 60.0 Å². The fourth-order valence-electron chi connectivity index (χ4n) is 3.49. The Bertz CT molecular complexity index is 1160. The van der Waals surface area contributed by atoms with E-state index in [1.165, 1.54) is 16.9 Å². The Morgan fingerprint density at radius 1 is 1.07 bits per heavy atom. The second kappa shape index (κ2) is 6.69. The number of nitrogens with zero attached hydrogens (tertiary/aromatic N) is 5. The zero-order chi connectivity index (χ0) is 19.1. The average molecular weight is 387 g/mol. The van der Waals surface area contributed by atoms with Gasteiger partial charge in [-0.15, -0.1) is 16.4 Å². The molecule has 2 aromatic carbocycles. The molecule has 28 heavy (non-hydrogen) atoms. The summed E-state index contributed by atoms with van der Waals surface area (Å²) in [6, 6.07) is 18.0. The van der Waals surface area contributed by atoms with E-state index in [1.54, 1.807) is 9.58 Å². The molecule has 1 aliphatic heterocycles. The number of anilines is 1. The van der Waals surface area contributed by atoms with Gasteiger partial charge < -0.3 is 4.90 Å². The number of fused-ring (bicyclic) bond motifs is 1. The van der Waals surface area contributed by atoms with Crippen LogP contribution in [0.5, 0.6) is 0 Å². The van der Waals surface area contributed by atoms with Gasteiger partial charge in [0.05, 0.1) is 11.4 Å². The maximum Gasteiger partial charge on any atom is 0.280 e. The highest BCUT2D eigenvalue weighted by Crippen LogP contribution is 2.30. The van der Waals surface area contributed by atoms with Crippen molar-refractivity contribution < 1.29 is 4.79 Å². The number of carbonyl (C=O) groups excluding carboxylic acids is 1. The molecule has 1 aliphatic rings. The van der Waals surface area contributed by atoms with E-state index in [0.717, 1.165) is 23.4 Å². The number of hydrogen-bond acceptors (Lipinski definition) is 5. The molecule has 1 amide bonds. The van der Waals surface area contributed by atoms with Gasteiger partial charge in [-0.3, -0.25) is 4.79 Å². The number of benzene rings is 2. The topological polar surface area (TPSA) is 63.9 Å². The maximum absolute atomic E-state index is 13.1. The van der Waals surface area contributed by atoms with E-state index in [1.807, 2.05) is 60.8 Å². The van der Waals surface area contributed by atoms with Crippen LogP contribution in [0.1, 0.15) is 21.7 Å². The molecule has 0 saturated carbocycles. The molecule has 0 aliphatic carbocycles. The third kappa shape index (κ3) is 2.71. The van der Waals surface area contributed by atoms with E-state index in [9.17, 15) is 4.79 Å². The largest absolute Gasteiger partial charge is 0.306 e. The molecule has 0 radical (unpaired) electrons. The molecule has 0 saturated heterocycles. The van der Waals surface area contributed by atoms with Crippen molar-refractivity contribution in [2.45, 2.75) is 13.3 Å². The summed E-state index contributed by atoms with van der Waals surface area (Å²) < 4.78 is 1.65. The van der Waals surface area contributed by atoms with Crippen molar-refractivity contribution in [2.75, 3.05) is 11.4 Å². The SMILES string of the molecule is Cc1c(C(=O)N2CCc3ccccc32)nnn1-c1nc(-c2ccccc2)cs1. The van der Waals surface area contributed by atoms with Crippen molar-refractivity contribution in [1.82, 2.24) is 20.0 Å². The molecule has 0 unspecified atom stereocenters. The first-order valence-corrected chi connectivity index (χ1v) is 9.94. The monoisotopic (exact) mass is 387 g/mol. The minimum absolute atomic E-state index is 0.117. The Morgan fingerprint density at radius 2 is 1.86 bits per heavy atom. The van der Waals surface area contributed by atoms with Gasteiger partial charge in [-0.2, -0.15) is 4.68 Å². The smallest absolute Gasteiger partial charge is 0.280 e. The number of aromatic nitrogens is 4. The van der Waals surface area contributed by atoms with Gasteiger partial charge in [-0.1, -0.05) is 53.7 Å². The molecule has 138 valence electrons. The number of thiazole rings is 1. The van der Waals surface area contributed by atoms with Crippen LogP contribution in [0.2, 0.25) is 0 Å². The molecule has 0 spiro atoms. The van der Waals surface area contributed by atoms with E-state index in [2.05, 4.69) is 21.4 Å². The zero-order valence-corrected chi connectivity index (χ0v) is 16.1. The van der Waals surface area contributed by atoms with Gasteiger partial charge >= 0.3 is 0 Å². The molecular formula is C21H17N5OS. The van der Waals surface area contributed by atoms with Crippen molar-refractivity contribution in [3.05, 3.63) is 76.9 Å². The van der Waals surface area contributed by atoms with E-state index in [0.29, 0.717) is 23.1 Å². The van der Waals surface area contributed by atoms with Gasteiger partial charge in [-0.05, 0) is 25.0 Å². The van der Waals surface area contributed by atoms with Crippen LogP contribution >= 0.6 is 11.3 Å². The predicted octanol–water partition coefficient (Wildman–Crippen LogP) is 3.90. The van der Waals surface area contributed by atoms with E-state index in [-0.39, 0.29) is 5.91 Å². The summed E-state index contributed by atoms with van der Waals surface area (Å²) in [6.45, 7) is 2.53. The second-order valence-electron chi connectivity index (χ2n) is 6.65. The Balaban J connectivity index is 1.46. The molecule has 0 fully saturated rings. The molecule has 0 bridgehead atoms. The number of para-hydroxylation sites is 1. The fraction of sp³-hybridized carbons (Fsp3) is 0.143. The average Bonchev–Trinajstić information content (AvgIpc) is 3.46. The fourth-order valence-corrected chi connectivity index (χ4v) is 4.32. The maximum atomic E-state index is 13.1. The zero-order valence-electron chi connectivity index (χ0n) is 15.2. The Morgan fingerprint density at radius 3 is 2.71 bits per heavy atom. The van der Waals surface area contributed by atoms with Crippen molar-refractivity contribution in [2.24, 2.45) is 0 Å². The van der Waals surface area contributed by atoms with Crippen molar-refractivity contribution >= 4 is 22.9 Å². The molecule has 0 N–H and O–H groups in total. The van der Waals surface area contributed by atoms with Gasteiger partial charge in [0.2, 0.25) is 5.13 Å². The van der Waals surface area contributed by atoms with Gasteiger partial charge in [0.1, 0.15) is 0 Å². The highest BCUT2D eigenvalue weighted by molar-refractivity contribution is 7.12. The van der Waals surface area contributed by atoms with E-state index >= 15 is 0 Å². The van der Waals surface area contributed by atoms with E-state index < -0.39 is 0 Å². The first-order valence-electron chi connectivity index (χ1n) is 9.06. The van der Waals surface area contributed by atoms with Crippen LogP contribution in [0.3, 0.4) is 0 Å². The standard InChI is InChI=1S/C21H17N5OS/c1-14-19(20(27)25-12-11-16-9-5-6-10-18(16)25)23-24-26(14)21-22-17(13-28-21)15-7-3-2-4-8-15/h2-10,13H,11-12H2,1H3. The predicted molar refractivity (Wildman–Crippen MR) is 109 cm³/mol. The van der Waals surface area contributed by atoms with Crippen LogP contribution in [-0.4, -0.2) is 32.4 Å². The summed E-state index contributed by atoms with van der Waals surface area (Å²) in [4.78, 5) is 19.6. The van der Waals surface area contributed by atoms with Crippen LogP contribution in [-0.2, 0) is 6.42 Å². The lowest BCUT2D eigenvalue weighted by Gasteiger charge is -2.16. The first-order chi connectivity index (χ1) is 13.7. The number of amides is 1. The van der Waals surface area contributed by atoms with E-state index in [4.69, 9.17) is 0 Å². The number of hydrogen-bond donors (Lipinski definition) is 0. The van der Waals surface area contributed by atoms with Crippen LogP contribution in [0, 0.1) is 6.92 Å². The minimum Gasteiger partial charge on any atom is -0.306 e. The van der Waals surface area contributed by atoms with Crippen molar-refractivity contribution in [3.63, 3.8) is 0 Å². The number of carbonyl (C=O) groups is 1. The molecular weight excluding hydrogens is 370 g/mol. The van der Waals surface area contributed by atoms with Gasteiger partial charge in [-0.25, -0.2) is 4.98 Å². The molecule has 2 aromatic heterocycles. The molecule has 0 atom stereocenters. The van der Waals surface area contributed by atoms with Crippen LogP contribution in [0.25, 0.3) is 16.4 Å². The summed E-state index contributed by atoms with van der Waals surface area (Å²) in [5, 5.41) is 11.1. The summed E-state index contributed by atoms with van der Waals surface area (Å²) in [6.07, 6.45) is 0.863. The summed E-state index contributed by atoms with van der Waals surface area (Å²) in [5.74, 6) is -0.117. The lowest BCUT2D eigenvalue weighted by atomic mass is 10.2. The summed E-state index contributed by atoms with van der Waals surface area (Å²) >= 11 is 1.48. The van der Waals surface area contributed by atoms with Gasteiger partial charge in [0.25, 0.3) is 5.91 Å². The Hall–Kier alpha value is -3.32. The number of rotatable bonds is 3. The van der Waals surface area contributed by atoms with Crippen LogP contribution in [0.4, 0.5) is 5.69 Å². The molecule has 5 rings (SSSR count). The Kier molecular flexibility index (Phi) is 4.02. The lowest BCUT2D eigenvalue weighted by Crippen LogP contribution is -2.29. The first kappa shape index (κ1) is 16.8. The summed E-state index contributed by atoms with van der Waals surface area (Å²) in [5.41, 5.74) is 5.15. The third-order valence-electron chi connectivity index (χ3n) is 4.97. The highest BCUT2D eigenvalue weighted by atomic mass is 32.1. The minimum atomic E-state index is -0.117. The highest BCUT2D eigenvalue weighted by Gasteiger charge is 2.29. The van der Waals surface area contributed by atoms with Gasteiger partial charge in [0.15, 0.2) is 5.69 Å². The quantitative estimate of drug-likeness (QED) is 0.535. The third-order valence-corrected chi connectivity index (χ3v) is 5.79. The van der Waals surface area contributed by atoms with Crippen molar-refractivity contribution in [3.8, 4) is 16.4 Å². The molecule has 4 aromatic rings. The van der Waals surface area contributed by atoms with Gasteiger partial charge in [0, 0.05) is 23.2 Å². The summed E-state index contributed by atoms with van der Waals surface area (Å²) in [7, 11) is 0. The molecule has 3 heterocycles. The van der Waals surface area contributed by atoms with Crippen LogP contribution < -0.4 is 4.90 Å².